The Balaban J connectivity index is 1.46. The third kappa shape index (κ3) is 4.42. The van der Waals surface area contributed by atoms with Gasteiger partial charge in [-0.05, 0) is 45.2 Å². The third-order valence-corrected chi connectivity index (χ3v) is 4.79. The van der Waals surface area contributed by atoms with E-state index in [0.29, 0.717) is 24.5 Å². The zero-order valence-corrected chi connectivity index (χ0v) is 14.8. The van der Waals surface area contributed by atoms with Crippen molar-refractivity contribution >= 4 is 5.91 Å². The van der Waals surface area contributed by atoms with Crippen LogP contribution in [0.15, 0.2) is 29.0 Å². The lowest BCUT2D eigenvalue weighted by Gasteiger charge is -2.39. The van der Waals surface area contributed by atoms with Gasteiger partial charge in [0, 0.05) is 43.1 Å². The minimum atomic E-state index is -0.331. The monoisotopic (exact) mass is 343 g/mol. The molecule has 2 unspecified atom stereocenters. The Morgan fingerprint density at radius 3 is 2.88 bits per heavy atom. The molecule has 0 aliphatic carbocycles. The van der Waals surface area contributed by atoms with Crippen LogP contribution < -0.4 is 5.32 Å². The van der Waals surface area contributed by atoms with Crippen molar-refractivity contribution in [2.45, 2.75) is 51.6 Å². The molecule has 1 fully saturated rings. The number of pyridine rings is 1. The van der Waals surface area contributed by atoms with Gasteiger partial charge in [0.25, 0.3) is 0 Å². The van der Waals surface area contributed by atoms with Crippen molar-refractivity contribution in [2.24, 2.45) is 0 Å². The number of hydrogen-bond acceptors (Lipinski definition) is 6. The fraction of sp³-hybridized carbons (Fsp3) is 0.556. The van der Waals surface area contributed by atoms with E-state index in [0.717, 1.165) is 18.5 Å². The van der Waals surface area contributed by atoms with Crippen LogP contribution in [-0.4, -0.2) is 51.1 Å². The Morgan fingerprint density at radius 1 is 1.36 bits per heavy atom. The number of nitrogens with zero attached hydrogens (tertiary/aromatic N) is 4. The minimum Gasteiger partial charge on any atom is -0.348 e. The van der Waals surface area contributed by atoms with Gasteiger partial charge in [0.2, 0.25) is 5.82 Å². The van der Waals surface area contributed by atoms with Gasteiger partial charge in [-0.15, -0.1) is 0 Å². The SMILES string of the molecule is CC1CCCC(C)N1CCCNC(=O)c1nc(-c2cccnc2)no1. The maximum atomic E-state index is 12.1. The first-order valence-corrected chi connectivity index (χ1v) is 8.93. The molecule has 0 saturated carbocycles. The van der Waals surface area contributed by atoms with Gasteiger partial charge in [0.15, 0.2) is 0 Å². The number of amides is 1. The number of hydrogen-bond donors (Lipinski definition) is 1. The summed E-state index contributed by atoms with van der Waals surface area (Å²) in [6.45, 7) is 6.16. The molecule has 0 spiro atoms. The lowest BCUT2D eigenvalue weighted by atomic mass is 9.97. The fourth-order valence-corrected chi connectivity index (χ4v) is 3.38. The summed E-state index contributed by atoms with van der Waals surface area (Å²) < 4.78 is 5.05. The highest BCUT2D eigenvalue weighted by Crippen LogP contribution is 2.22. The molecule has 2 aromatic heterocycles. The highest BCUT2D eigenvalue weighted by atomic mass is 16.5. The van der Waals surface area contributed by atoms with Crippen molar-refractivity contribution in [3.8, 4) is 11.4 Å². The van der Waals surface area contributed by atoms with E-state index >= 15 is 0 Å². The molecule has 0 bridgehead atoms. The molecule has 2 aromatic rings. The zero-order valence-electron chi connectivity index (χ0n) is 14.8. The summed E-state index contributed by atoms with van der Waals surface area (Å²) in [5.74, 6) is 0.0233. The van der Waals surface area contributed by atoms with Crippen molar-refractivity contribution in [2.75, 3.05) is 13.1 Å². The van der Waals surface area contributed by atoms with Crippen molar-refractivity contribution < 1.29 is 9.32 Å². The number of nitrogens with one attached hydrogen (secondary N) is 1. The Hall–Kier alpha value is -2.28. The van der Waals surface area contributed by atoms with E-state index in [2.05, 4.69) is 39.2 Å². The highest BCUT2D eigenvalue weighted by molar-refractivity contribution is 5.89. The van der Waals surface area contributed by atoms with E-state index < -0.39 is 0 Å². The quantitative estimate of drug-likeness (QED) is 0.811. The standard InChI is InChI=1S/C18H25N5O2/c1-13-6-3-7-14(2)23(13)11-5-10-20-17(24)18-21-16(22-25-18)15-8-4-9-19-12-15/h4,8-9,12-14H,3,5-7,10-11H2,1-2H3,(H,20,24). The lowest BCUT2D eigenvalue weighted by Crippen LogP contribution is -2.44. The molecule has 134 valence electrons. The highest BCUT2D eigenvalue weighted by Gasteiger charge is 2.24. The summed E-state index contributed by atoms with van der Waals surface area (Å²) in [7, 11) is 0. The summed E-state index contributed by atoms with van der Waals surface area (Å²) in [4.78, 5) is 22.8. The van der Waals surface area contributed by atoms with Gasteiger partial charge < -0.3 is 9.84 Å². The molecule has 7 nitrogen and oxygen atoms in total. The molecule has 1 aliphatic rings. The second kappa shape index (κ2) is 8.20. The largest absolute Gasteiger partial charge is 0.348 e. The fourth-order valence-electron chi connectivity index (χ4n) is 3.38. The second-order valence-electron chi connectivity index (χ2n) is 6.64. The molecule has 1 amide bonds. The average molecular weight is 343 g/mol. The Morgan fingerprint density at radius 2 is 2.16 bits per heavy atom. The third-order valence-electron chi connectivity index (χ3n) is 4.79. The van der Waals surface area contributed by atoms with Crippen LogP contribution in [0.1, 0.15) is 50.2 Å². The summed E-state index contributed by atoms with van der Waals surface area (Å²) in [6.07, 6.45) is 8.04. The molecule has 1 aliphatic heterocycles. The minimum absolute atomic E-state index is 0.0152. The molecule has 3 heterocycles. The Bertz CT molecular complexity index is 678. The normalized spacial score (nSPS) is 21.2. The van der Waals surface area contributed by atoms with Crippen LogP contribution >= 0.6 is 0 Å². The topological polar surface area (TPSA) is 84.2 Å². The predicted molar refractivity (Wildman–Crippen MR) is 94.0 cm³/mol. The van der Waals surface area contributed by atoms with E-state index in [1.165, 1.54) is 19.3 Å². The summed E-state index contributed by atoms with van der Waals surface area (Å²) in [5, 5.41) is 6.69. The maximum Gasteiger partial charge on any atom is 0.316 e. The van der Waals surface area contributed by atoms with Crippen LogP contribution in [0.25, 0.3) is 11.4 Å². The number of rotatable bonds is 6. The van der Waals surface area contributed by atoms with Crippen molar-refractivity contribution in [1.29, 1.82) is 0 Å². The first-order chi connectivity index (χ1) is 12.1. The summed E-state index contributed by atoms with van der Waals surface area (Å²) in [5.41, 5.74) is 0.721. The number of carbonyl (C=O) groups excluding carboxylic acids is 1. The number of aromatic nitrogens is 3. The molecular formula is C18H25N5O2. The first kappa shape index (κ1) is 17.5. The van der Waals surface area contributed by atoms with E-state index in [1.807, 2.05) is 6.07 Å². The summed E-state index contributed by atoms with van der Waals surface area (Å²) in [6, 6.07) is 4.85. The second-order valence-corrected chi connectivity index (χ2v) is 6.64. The molecule has 7 heteroatoms. The molecule has 1 saturated heterocycles. The van der Waals surface area contributed by atoms with E-state index in [-0.39, 0.29) is 11.8 Å². The number of likely N-dealkylation sites (tertiary alicyclic amines) is 1. The maximum absolute atomic E-state index is 12.1. The Labute approximate surface area is 147 Å². The smallest absolute Gasteiger partial charge is 0.316 e. The molecular weight excluding hydrogens is 318 g/mol. The molecule has 1 N–H and O–H groups in total. The van der Waals surface area contributed by atoms with E-state index in [9.17, 15) is 4.79 Å². The van der Waals surface area contributed by atoms with Crippen LogP contribution in [-0.2, 0) is 0 Å². The predicted octanol–water partition coefficient (Wildman–Crippen LogP) is 2.51. The van der Waals surface area contributed by atoms with Crippen molar-refractivity contribution in [3.05, 3.63) is 30.4 Å². The van der Waals surface area contributed by atoms with Gasteiger partial charge in [0.1, 0.15) is 0 Å². The molecule has 3 rings (SSSR count). The number of carbonyl (C=O) groups is 1. The lowest BCUT2D eigenvalue weighted by molar-refractivity contribution is 0.0888. The van der Waals surface area contributed by atoms with Gasteiger partial charge in [-0.2, -0.15) is 4.98 Å². The van der Waals surface area contributed by atoms with E-state index in [1.54, 1.807) is 18.5 Å². The van der Waals surface area contributed by atoms with Crippen LogP contribution in [0, 0.1) is 0 Å². The van der Waals surface area contributed by atoms with Crippen molar-refractivity contribution in [3.63, 3.8) is 0 Å². The van der Waals surface area contributed by atoms with Crippen LogP contribution in [0.3, 0.4) is 0 Å². The zero-order chi connectivity index (χ0) is 17.6. The van der Waals surface area contributed by atoms with Crippen LogP contribution in [0.5, 0.6) is 0 Å². The van der Waals surface area contributed by atoms with Gasteiger partial charge >= 0.3 is 11.8 Å². The molecule has 0 radical (unpaired) electrons. The molecule has 2 atom stereocenters. The molecule has 25 heavy (non-hydrogen) atoms. The molecule has 0 aromatic carbocycles. The van der Waals surface area contributed by atoms with Gasteiger partial charge in [-0.1, -0.05) is 11.6 Å². The Kier molecular flexibility index (Phi) is 5.75. The average Bonchev–Trinajstić information content (AvgIpc) is 3.11. The van der Waals surface area contributed by atoms with Gasteiger partial charge in [-0.25, -0.2) is 0 Å². The van der Waals surface area contributed by atoms with Gasteiger partial charge in [0.05, 0.1) is 0 Å². The summed E-state index contributed by atoms with van der Waals surface area (Å²) >= 11 is 0. The number of piperidine rings is 1. The van der Waals surface area contributed by atoms with Crippen LogP contribution in [0.2, 0.25) is 0 Å². The van der Waals surface area contributed by atoms with E-state index in [4.69, 9.17) is 4.52 Å². The van der Waals surface area contributed by atoms with Gasteiger partial charge in [-0.3, -0.25) is 14.7 Å². The first-order valence-electron chi connectivity index (χ1n) is 8.93. The van der Waals surface area contributed by atoms with Crippen LogP contribution in [0.4, 0.5) is 0 Å². The van der Waals surface area contributed by atoms with Crippen molar-refractivity contribution in [1.82, 2.24) is 25.3 Å².